The molecular formula is C38H26N4O. The largest absolute Gasteiger partial charge is 0.455 e. The summed E-state index contributed by atoms with van der Waals surface area (Å²) in [5.41, 5.74) is 9.22. The third kappa shape index (κ3) is 3.86. The van der Waals surface area contributed by atoms with Crippen LogP contribution in [0, 0.1) is 10.8 Å². The van der Waals surface area contributed by atoms with E-state index in [1.807, 2.05) is 48.5 Å². The normalized spacial score (nSPS) is 11.4. The number of nitrogens with zero attached hydrogens (tertiary/aromatic N) is 2. The van der Waals surface area contributed by atoms with Gasteiger partial charge in [-0.2, -0.15) is 0 Å². The predicted octanol–water partition coefficient (Wildman–Crippen LogP) is 10.1. The molecule has 0 amide bonds. The van der Waals surface area contributed by atoms with Crippen LogP contribution < -0.4 is 4.90 Å². The van der Waals surface area contributed by atoms with E-state index in [1.165, 1.54) is 12.4 Å². The zero-order valence-corrected chi connectivity index (χ0v) is 23.2. The third-order valence-corrected chi connectivity index (χ3v) is 8.16. The van der Waals surface area contributed by atoms with Gasteiger partial charge in [0.15, 0.2) is 0 Å². The number of nitrogens with one attached hydrogen (secondary N) is 2. The Morgan fingerprint density at radius 1 is 0.558 bits per heavy atom. The fourth-order valence-corrected chi connectivity index (χ4v) is 6.24. The van der Waals surface area contributed by atoms with Crippen LogP contribution >= 0.6 is 0 Å². The van der Waals surface area contributed by atoms with Crippen LogP contribution in [0.15, 0.2) is 138 Å². The maximum Gasteiger partial charge on any atom is 0.145 e. The topological polar surface area (TPSA) is 69.0 Å². The molecule has 5 nitrogen and oxygen atoms in total. The Balaban J connectivity index is 1.51. The Kier molecular flexibility index (Phi) is 5.69. The van der Waals surface area contributed by atoms with Gasteiger partial charge in [0, 0.05) is 51.2 Å². The Labute approximate surface area is 247 Å². The highest BCUT2D eigenvalue weighted by molar-refractivity contribution is 6.24. The van der Waals surface area contributed by atoms with Crippen LogP contribution in [0.3, 0.4) is 0 Å². The molecule has 0 aliphatic rings. The SMILES string of the molecule is N=Cc1ccc(C=N)c(-n2c3ccc(N(c4ccccc4)c4ccccc4)cc3c3c4oc5ccccc5c4ccc32)c1. The average Bonchev–Trinajstić information content (AvgIpc) is 3.61. The zero-order valence-electron chi connectivity index (χ0n) is 23.2. The van der Waals surface area contributed by atoms with Crippen LogP contribution in [0.5, 0.6) is 0 Å². The van der Waals surface area contributed by atoms with Gasteiger partial charge in [-0.15, -0.1) is 0 Å². The summed E-state index contributed by atoms with van der Waals surface area (Å²) in [5, 5.41) is 20.3. The van der Waals surface area contributed by atoms with E-state index in [0.717, 1.165) is 77.6 Å². The molecule has 5 heteroatoms. The van der Waals surface area contributed by atoms with Crippen molar-refractivity contribution >= 4 is 73.2 Å². The minimum Gasteiger partial charge on any atom is -0.455 e. The van der Waals surface area contributed by atoms with Crippen LogP contribution in [-0.4, -0.2) is 17.0 Å². The molecule has 204 valence electrons. The van der Waals surface area contributed by atoms with Crippen LogP contribution in [0.4, 0.5) is 17.1 Å². The summed E-state index contributed by atoms with van der Waals surface area (Å²) in [4.78, 5) is 2.26. The Morgan fingerprint density at radius 2 is 1.26 bits per heavy atom. The van der Waals surface area contributed by atoms with Crippen molar-refractivity contribution in [1.82, 2.24) is 4.57 Å². The molecule has 0 bridgehead atoms. The Hall–Kier alpha value is -5.94. The van der Waals surface area contributed by atoms with Crippen molar-refractivity contribution in [1.29, 1.82) is 10.8 Å². The third-order valence-electron chi connectivity index (χ3n) is 8.16. The molecule has 0 saturated heterocycles. The molecule has 2 aromatic heterocycles. The van der Waals surface area contributed by atoms with E-state index in [4.69, 9.17) is 15.2 Å². The molecule has 0 spiro atoms. The van der Waals surface area contributed by atoms with E-state index >= 15 is 0 Å². The predicted molar refractivity (Wildman–Crippen MR) is 179 cm³/mol. The quantitative estimate of drug-likeness (QED) is 0.201. The van der Waals surface area contributed by atoms with Crippen molar-refractivity contribution in [2.45, 2.75) is 0 Å². The second-order valence-electron chi connectivity index (χ2n) is 10.6. The molecule has 0 atom stereocenters. The monoisotopic (exact) mass is 554 g/mol. The molecule has 0 aliphatic carbocycles. The number of furan rings is 1. The Bertz CT molecular complexity index is 2290. The lowest BCUT2D eigenvalue weighted by Crippen LogP contribution is -2.09. The van der Waals surface area contributed by atoms with Gasteiger partial charge in [-0.05, 0) is 72.3 Å². The summed E-state index contributed by atoms with van der Waals surface area (Å²) in [6, 6.07) is 45.5. The summed E-state index contributed by atoms with van der Waals surface area (Å²) in [7, 11) is 0. The van der Waals surface area contributed by atoms with Crippen LogP contribution in [-0.2, 0) is 0 Å². The first-order valence-corrected chi connectivity index (χ1v) is 14.2. The lowest BCUT2D eigenvalue weighted by Gasteiger charge is -2.25. The second-order valence-corrected chi connectivity index (χ2v) is 10.6. The highest BCUT2D eigenvalue weighted by Crippen LogP contribution is 2.43. The van der Waals surface area contributed by atoms with Gasteiger partial charge in [-0.25, -0.2) is 0 Å². The number of hydrogen-bond donors (Lipinski definition) is 2. The van der Waals surface area contributed by atoms with Crippen molar-refractivity contribution in [2.75, 3.05) is 4.90 Å². The zero-order chi connectivity index (χ0) is 28.9. The van der Waals surface area contributed by atoms with Gasteiger partial charge in [0.25, 0.3) is 0 Å². The smallest absolute Gasteiger partial charge is 0.145 e. The summed E-state index contributed by atoms with van der Waals surface area (Å²) >= 11 is 0. The van der Waals surface area contributed by atoms with Crippen LogP contribution in [0.25, 0.3) is 49.4 Å². The fourth-order valence-electron chi connectivity index (χ4n) is 6.24. The van der Waals surface area contributed by atoms with Crippen molar-refractivity contribution in [3.63, 3.8) is 0 Å². The van der Waals surface area contributed by atoms with Crippen molar-refractivity contribution in [3.05, 3.63) is 145 Å². The van der Waals surface area contributed by atoms with Crippen LogP contribution in [0.1, 0.15) is 11.1 Å². The lowest BCUT2D eigenvalue weighted by molar-refractivity contribution is 0.673. The maximum atomic E-state index is 8.20. The number of aromatic nitrogens is 1. The van der Waals surface area contributed by atoms with E-state index in [0.29, 0.717) is 0 Å². The maximum absolute atomic E-state index is 8.20. The number of hydrogen-bond acceptors (Lipinski definition) is 4. The second kappa shape index (κ2) is 9.86. The van der Waals surface area contributed by atoms with Gasteiger partial charge in [-0.3, -0.25) is 0 Å². The number of anilines is 3. The number of para-hydroxylation sites is 3. The molecule has 2 heterocycles. The number of benzene rings is 6. The molecule has 0 saturated carbocycles. The molecule has 0 fully saturated rings. The first-order chi connectivity index (χ1) is 21.2. The van der Waals surface area contributed by atoms with E-state index in [1.54, 1.807) is 0 Å². The molecule has 0 aliphatic heterocycles. The van der Waals surface area contributed by atoms with E-state index < -0.39 is 0 Å². The highest BCUT2D eigenvalue weighted by atomic mass is 16.3. The van der Waals surface area contributed by atoms with Crippen molar-refractivity contribution < 1.29 is 4.42 Å². The molecular weight excluding hydrogens is 528 g/mol. The first-order valence-electron chi connectivity index (χ1n) is 14.2. The number of fused-ring (bicyclic) bond motifs is 7. The summed E-state index contributed by atoms with van der Waals surface area (Å²) in [6.07, 6.45) is 2.72. The molecule has 43 heavy (non-hydrogen) atoms. The molecule has 2 N–H and O–H groups in total. The van der Waals surface area contributed by atoms with E-state index in [-0.39, 0.29) is 0 Å². The first kappa shape index (κ1) is 24.8. The molecule has 8 aromatic rings. The molecule has 6 aromatic carbocycles. The van der Waals surface area contributed by atoms with Gasteiger partial charge in [0.1, 0.15) is 11.2 Å². The van der Waals surface area contributed by atoms with Crippen LogP contribution in [0.2, 0.25) is 0 Å². The Morgan fingerprint density at radius 3 is 1.98 bits per heavy atom. The van der Waals surface area contributed by atoms with E-state index in [9.17, 15) is 0 Å². The van der Waals surface area contributed by atoms with Crippen molar-refractivity contribution in [2.24, 2.45) is 0 Å². The van der Waals surface area contributed by atoms with Gasteiger partial charge < -0.3 is 24.7 Å². The van der Waals surface area contributed by atoms with Gasteiger partial charge in [0.05, 0.1) is 22.1 Å². The summed E-state index contributed by atoms with van der Waals surface area (Å²) < 4.78 is 8.78. The molecule has 0 radical (unpaired) electrons. The molecule has 8 rings (SSSR count). The summed E-state index contributed by atoms with van der Waals surface area (Å²) in [5.74, 6) is 0. The van der Waals surface area contributed by atoms with Crippen molar-refractivity contribution in [3.8, 4) is 5.69 Å². The van der Waals surface area contributed by atoms with Gasteiger partial charge in [-0.1, -0.05) is 66.7 Å². The minimum absolute atomic E-state index is 0.772. The fraction of sp³-hybridized carbons (Fsp3) is 0. The number of rotatable bonds is 6. The summed E-state index contributed by atoms with van der Waals surface area (Å²) in [6.45, 7) is 0. The van der Waals surface area contributed by atoms with E-state index in [2.05, 4.69) is 94.4 Å². The van der Waals surface area contributed by atoms with Gasteiger partial charge >= 0.3 is 0 Å². The highest BCUT2D eigenvalue weighted by Gasteiger charge is 2.22. The minimum atomic E-state index is 0.772. The average molecular weight is 555 g/mol. The lowest BCUT2D eigenvalue weighted by atomic mass is 10.1. The standard InChI is InChI=1S/C38H26N4O/c39-23-25-15-16-26(24-40)35(21-25)42-33-19-17-29(41(27-9-3-1-4-10-27)28-11-5-2-6-12-28)22-32(33)37-34(42)20-18-31-30-13-7-8-14-36(30)43-38(31)37/h1-24,39-40H. The molecule has 0 unspecified atom stereocenters. The van der Waals surface area contributed by atoms with Gasteiger partial charge in [0.2, 0.25) is 0 Å².